The second kappa shape index (κ2) is 8.30. The minimum Gasteiger partial charge on any atom is -0.496 e. The molecule has 0 saturated carbocycles. The van der Waals surface area contributed by atoms with E-state index in [2.05, 4.69) is 10.5 Å². The Balaban J connectivity index is 2.20. The molecule has 6 nitrogen and oxygen atoms in total. The van der Waals surface area contributed by atoms with Crippen LogP contribution >= 0.6 is 11.6 Å². The zero-order valence-corrected chi connectivity index (χ0v) is 14.5. The number of carboxylic acid groups (broad SMARTS) is 1. The second-order valence-electron chi connectivity index (χ2n) is 5.22. The minimum absolute atomic E-state index is 0.170. The fraction of sp³-hybridized carbons (Fsp3) is 0.167. The van der Waals surface area contributed by atoms with Gasteiger partial charge in [-0.1, -0.05) is 23.7 Å². The lowest BCUT2D eigenvalue weighted by molar-refractivity contribution is -0.136. The van der Waals surface area contributed by atoms with Gasteiger partial charge in [0.15, 0.2) is 0 Å². The number of ether oxygens (including phenoxy) is 1. The standard InChI is InChI=1S/C18H17ClN2O4/c1-11(20-21-18(24)14-5-3-4-6-15(14)19)12-7-8-16(25-2)13(9-12)10-17(22)23/h3-9H,10H2,1-2H3,(H,21,24)(H,22,23)/b20-11-. The summed E-state index contributed by atoms with van der Waals surface area (Å²) in [5.74, 6) is -0.902. The van der Waals surface area contributed by atoms with E-state index in [1.54, 1.807) is 49.4 Å². The quantitative estimate of drug-likeness (QED) is 0.612. The third-order valence-electron chi connectivity index (χ3n) is 3.48. The predicted octanol–water partition coefficient (Wildman–Crippen LogP) is 3.13. The molecule has 2 rings (SSSR count). The van der Waals surface area contributed by atoms with Crippen LogP contribution in [0.4, 0.5) is 0 Å². The zero-order valence-electron chi connectivity index (χ0n) is 13.7. The van der Waals surface area contributed by atoms with Crippen molar-refractivity contribution in [1.29, 1.82) is 0 Å². The number of hydrogen-bond donors (Lipinski definition) is 2. The lowest BCUT2D eigenvalue weighted by atomic mass is 10.0. The summed E-state index contributed by atoms with van der Waals surface area (Å²) >= 11 is 5.98. The number of nitrogens with zero attached hydrogens (tertiary/aromatic N) is 1. The van der Waals surface area contributed by atoms with Crippen molar-refractivity contribution in [3.63, 3.8) is 0 Å². The topological polar surface area (TPSA) is 88.0 Å². The van der Waals surface area contributed by atoms with Crippen molar-refractivity contribution in [3.8, 4) is 5.75 Å². The zero-order chi connectivity index (χ0) is 18.4. The van der Waals surface area contributed by atoms with Gasteiger partial charge in [-0.25, -0.2) is 5.43 Å². The van der Waals surface area contributed by atoms with Crippen molar-refractivity contribution in [2.75, 3.05) is 7.11 Å². The summed E-state index contributed by atoms with van der Waals surface area (Å²) in [6.07, 6.45) is -0.170. The monoisotopic (exact) mass is 360 g/mol. The molecule has 2 aromatic carbocycles. The number of carbonyl (C=O) groups is 2. The van der Waals surface area contributed by atoms with Gasteiger partial charge < -0.3 is 9.84 Å². The van der Waals surface area contributed by atoms with E-state index >= 15 is 0 Å². The van der Waals surface area contributed by atoms with E-state index in [1.165, 1.54) is 7.11 Å². The average molecular weight is 361 g/mol. The number of hydrazone groups is 1. The highest BCUT2D eigenvalue weighted by Gasteiger charge is 2.11. The highest BCUT2D eigenvalue weighted by molar-refractivity contribution is 6.33. The molecule has 0 spiro atoms. The first kappa shape index (κ1) is 18.5. The van der Waals surface area contributed by atoms with Gasteiger partial charge in [-0.05, 0) is 42.8 Å². The first-order chi connectivity index (χ1) is 11.9. The van der Waals surface area contributed by atoms with Gasteiger partial charge in [-0.2, -0.15) is 5.10 Å². The molecule has 0 fully saturated rings. The summed E-state index contributed by atoms with van der Waals surface area (Å²) in [5, 5.41) is 13.4. The molecule has 0 aromatic heterocycles. The third kappa shape index (κ3) is 4.81. The minimum atomic E-state index is -0.961. The molecule has 0 heterocycles. The molecule has 25 heavy (non-hydrogen) atoms. The van der Waals surface area contributed by atoms with Crippen LogP contribution < -0.4 is 10.2 Å². The van der Waals surface area contributed by atoms with Crippen LogP contribution in [-0.2, 0) is 11.2 Å². The smallest absolute Gasteiger partial charge is 0.307 e. The first-order valence-corrected chi connectivity index (χ1v) is 7.78. The van der Waals surface area contributed by atoms with Crippen LogP contribution in [0.1, 0.15) is 28.4 Å². The Bertz CT molecular complexity index is 834. The molecule has 0 saturated heterocycles. The molecule has 2 aromatic rings. The summed E-state index contributed by atoms with van der Waals surface area (Å²) < 4.78 is 5.16. The Kier molecular flexibility index (Phi) is 6.14. The van der Waals surface area contributed by atoms with Crippen molar-refractivity contribution >= 4 is 29.2 Å². The van der Waals surface area contributed by atoms with Crippen molar-refractivity contribution < 1.29 is 19.4 Å². The molecule has 0 bridgehead atoms. The van der Waals surface area contributed by atoms with Gasteiger partial charge >= 0.3 is 5.97 Å². The summed E-state index contributed by atoms with van der Waals surface area (Å²) in [4.78, 5) is 23.1. The molecule has 0 aliphatic heterocycles. The maximum absolute atomic E-state index is 12.1. The van der Waals surface area contributed by atoms with Crippen molar-refractivity contribution in [2.45, 2.75) is 13.3 Å². The number of hydrogen-bond acceptors (Lipinski definition) is 4. The number of methoxy groups -OCH3 is 1. The lowest BCUT2D eigenvalue weighted by Crippen LogP contribution is -2.19. The van der Waals surface area contributed by atoms with Gasteiger partial charge in [0.05, 0.1) is 29.8 Å². The number of carbonyl (C=O) groups excluding carboxylic acids is 1. The normalized spacial score (nSPS) is 11.1. The van der Waals surface area contributed by atoms with Gasteiger partial charge in [0.25, 0.3) is 5.91 Å². The number of halogens is 1. The van der Waals surface area contributed by atoms with E-state index < -0.39 is 11.9 Å². The van der Waals surface area contributed by atoms with Gasteiger partial charge in [-0.15, -0.1) is 0 Å². The molecular weight excluding hydrogens is 344 g/mol. The maximum Gasteiger partial charge on any atom is 0.307 e. The first-order valence-electron chi connectivity index (χ1n) is 7.40. The number of rotatable bonds is 6. The van der Waals surface area contributed by atoms with Crippen LogP contribution in [0.25, 0.3) is 0 Å². The molecule has 130 valence electrons. The van der Waals surface area contributed by atoms with Gasteiger partial charge in [-0.3, -0.25) is 9.59 Å². The summed E-state index contributed by atoms with van der Waals surface area (Å²) in [6, 6.07) is 11.7. The predicted molar refractivity (Wildman–Crippen MR) is 95.5 cm³/mol. The summed E-state index contributed by atoms with van der Waals surface area (Å²) in [7, 11) is 1.48. The van der Waals surface area contributed by atoms with Crippen LogP contribution in [0.3, 0.4) is 0 Å². The van der Waals surface area contributed by atoms with E-state index in [0.717, 1.165) is 0 Å². The van der Waals surface area contributed by atoms with Gasteiger partial charge in [0.1, 0.15) is 5.75 Å². The average Bonchev–Trinajstić information content (AvgIpc) is 2.59. The number of benzene rings is 2. The second-order valence-corrected chi connectivity index (χ2v) is 5.62. The Morgan fingerprint density at radius 1 is 1.24 bits per heavy atom. The van der Waals surface area contributed by atoms with Gasteiger partial charge in [0, 0.05) is 5.56 Å². The molecule has 0 radical (unpaired) electrons. The SMILES string of the molecule is COc1ccc(/C(C)=N\NC(=O)c2ccccc2Cl)cc1CC(=O)O. The van der Waals surface area contributed by atoms with Crippen LogP contribution in [0, 0.1) is 0 Å². The fourth-order valence-corrected chi connectivity index (χ4v) is 2.43. The fourth-order valence-electron chi connectivity index (χ4n) is 2.21. The van der Waals surface area contributed by atoms with E-state index in [1.807, 2.05) is 0 Å². The van der Waals surface area contributed by atoms with E-state index in [9.17, 15) is 9.59 Å². The Hall–Kier alpha value is -2.86. The summed E-state index contributed by atoms with van der Waals surface area (Å²) in [6.45, 7) is 1.71. The van der Waals surface area contributed by atoms with Gasteiger partial charge in [0.2, 0.25) is 0 Å². The molecule has 0 aliphatic rings. The highest BCUT2D eigenvalue weighted by atomic mass is 35.5. The van der Waals surface area contributed by atoms with Crippen LogP contribution in [0.5, 0.6) is 5.75 Å². The largest absolute Gasteiger partial charge is 0.496 e. The third-order valence-corrected chi connectivity index (χ3v) is 3.81. The van der Waals surface area contributed by atoms with E-state index in [0.29, 0.717) is 33.2 Å². The number of carboxylic acids is 1. The molecule has 1 amide bonds. The van der Waals surface area contributed by atoms with Crippen LogP contribution in [0.15, 0.2) is 47.6 Å². The molecule has 0 unspecified atom stereocenters. The number of aliphatic carboxylic acids is 1. The van der Waals surface area contributed by atoms with Crippen LogP contribution in [0.2, 0.25) is 5.02 Å². The Labute approximate surface area is 150 Å². The molecule has 0 aliphatic carbocycles. The van der Waals surface area contributed by atoms with Crippen molar-refractivity contribution in [1.82, 2.24) is 5.43 Å². The lowest BCUT2D eigenvalue weighted by Gasteiger charge is -2.09. The van der Waals surface area contributed by atoms with E-state index in [-0.39, 0.29) is 6.42 Å². The number of nitrogens with one attached hydrogen (secondary N) is 1. The molecule has 0 atom stereocenters. The van der Waals surface area contributed by atoms with Crippen molar-refractivity contribution in [2.24, 2.45) is 5.10 Å². The summed E-state index contributed by atoms with van der Waals surface area (Å²) in [5.41, 5.74) is 4.49. The van der Waals surface area contributed by atoms with Crippen LogP contribution in [-0.4, -0.2) is 29.8 Å². The number of amides is 1. The Morgan fingerprint density at radius 3 is 2.60 bits per heavy atom. The molecular formula is C18H17ClN2O4. The Morgan fingerprint density at radius 2 is 1.96 bits per heavy atom. The molecule has 2 N–H and O–H groups in total. The maximum atomic E-state index is 12.1. The van der Waals surface area contributed by atoms with Crippen molar-refractivity contribution in [3.05, 3.63) is 64.2 Å². The van der Waals surface area contributed by atoms with E-state index in [4.69, 9.17) is 21.4 Å². The molecule has 7 heteroatoms. The highest BCUT2D eigenvalue weighted by Crippen LogP contribution is 2.21.